The molecular formula is C44H59Cl2IN4O6. The van der Waals surface area contributed by atoms with Crippen LogP contribution in [0.4, 0.5) is 0 Å². The van der Waals surface area contributed by atoms with Gasteiger partial charge in [0, 0.05) is 61.5 Å². The van der Waals surface area contributed by atoms with Gasteiger partial charge in [-0.1, -0.05) is 74.5 Å². The molecule has 0 saturated carbocycles. The van der Waals surface area contributed by atoms with E-state index < -0.39 is 11.9 Å². The molecule has 4 aromatic rings. The van der Waals surface area contributed by atoms with Crippen molar-refractivity contribution in [2.45, 2.75) is 90.6 Å². The number of carbonyl (C=O) groups is 2. The fourth-order valence-electron chi connectivity index (χ4n) is 6.81. The highest BCUT2D eigenvalue weighted by Gasteiger charge is 2.27. The van der Waals surface area contributed by atoms with Gasteiger partial charge in [0.15, 0.2) is 0 Å². The van der Waals surface area contributed by atoms with Crippen LogP contribution in [-0.4, -0.2) is 93.4 Å². The van der Waals surface area contributed by atoms with Crippen molar-refractivity contribution in [2.24, 2.45) is 0 Å². The number of nitrogens with zero attached hydrogens (tertiary/aromatic N) is 4. The molecule has 13 heteroatoms. The lowest BCUT2D eigenvalue weighted by molar-refractivity contribution is -0.138. The van der Waals surface area contributed by atoms with Crippen molar-refractivity contribution in [1.82, 2.24) is 19.8 Å². The molecule has 6 rings (SSSR count). The van der Waals surface area contributed by atoms with Gasteiger partial charge in [0.1, 0.15) is 12.2 Å². The second-order valence-electron chi connectivity index (χ2n) is 13.7. The monoisotopic (exact) mass is 936 g/mol. The third-order valence-corrected chi connectivity index (χ3v) is 10.2. The molecule has 10 nitrogen and oxygen atoms in total. The van der Waals surface area contributed by atoms with Crippen molar-refractivity contribution >= 4 is 59.1 Å². The molecule has 2 aromatic carbocycles. The number of hydrogen-bond acceptors (Lipinski definition) is 8. The molecule has 0 spiro atoms. The summed E-state index contributed by atoms with van der Waals surface area (Å²) < 4.78 is 12.9. The molecule has 2 saturated heterocycles. The fourth-order valence-corrected chi connectivity index (χ4v) is 7.06. The molecule has 4 heterocycles. The van der Waals surface area contributed by atoms with E-state index >= 15 is 0 Å². The van der Waals surface area contributed by atoms with Crippen LogP contribution in [0, 0.1) is 0 Å². The second-order valence-corrected chi connectivity index (χ2v) is 14.6. The van der Waals surface area contributed by atoms with Gasteiger partial charge in [0.25, 0.3) is 0 Å². The smallest absolute Gasteiger partial charge is 0.303 e. The zero-order valence-electron chi connectivity index (χ0n) is 30.9. The van der Waals surface area contributed by atoms with Crippen LogP contribution in [0.25, 0.3) is 0 Å². The van der Waals surface area contributed by atoms with Crippen LogP contribution in [0.1, 0.15) is 101 Å². The van der Waals surface area contributed by atoms with Crippen LogP contribution in [0.15, 0.2) is 97.3 Å². The summed E-state index contributed by atoms with van der Waals surface area (Å²) in [6.45, 7) is 5.39. The molecule has 0 amide bonds. The minimum atomic E-state index is -0.727. The molecule has 2 N–H and O–H groups in total. The summed E-state index contributed by atoms with van der Waals surface area (Å²) in [5.74, 6) is -1.45. The van der Waals surface area contributed by atoms with Crippen molar-refractivity contribution in [3.8, 4) is 0 Å². The first kappa shape index (κ1) is 50.0. The zero-order chi connectivity index (χ0) is 38.1. The number of halogens is 3. The Balaban J connectivity index is 0.000000374. The van der Waals surface area contributed by atoms with E-state index in [1.54, 1.807) is 12.4 Å². The number of hydrogen-bond donors (Lipinski definition) is 2. The molecule has 312 valence electrons. The Morgan fingerprint density at radius 3 is 1.26 bits per heavy atom. The minimum absolute atomic E-state index is 0. The van der Waals surface area contributed by atoms with E-state index in [1.807, 2.05) is 84.9 Å². The van der Waals surface area contributed by atoms with Crippen molar-refractivity contribution in [3.05, 3.63) is 130 Å². The number of aliphatic carboxylic acids is 2. The maximum absolute atomic E-state index is 10.7. The maximum atomic E-state index is 10.7. The molecule has 0 aliphatic carbocycles. The first-order valence-electron chi connectivity index (χ1n) is 18.8. The van der Waals surface area contributed by atoms with Crippen LogP contribution in [-0.2, 0) is 19.1 Å². The number of ether oxygens (including phenoxy) is 2. The van der Waals surface area contributed by atoms with Crippen LogP contribution in [0.3, 0.4) is 0 Å². The molecular weight excluding hydrogens is 878 g/mol. The normalized spacial score (nSPS) is 16.0. The maximum Gasteiger partial charge on any atom is 0.303 e. The summed E-state index contributed by atoms with van der Waals surface area (Å²) >= 11 is 12.1. The molecule has 2 aliphatic heterocycles. The van der Waals surface area contributed by atoms with Gasteiger partial charge in [-0.25, -0.2) is 0 Å². The highest BCUT2D eigenvalue weighted by Crippen LogP contribution is 2.31. The highest BCUT2D eigenvalue weighted by molar-refractivity contribution is 14.0. The van der Waals surface area contributed by atoms with Crippen molar-refractivity contribution in [2.75, 3.05) is 39.3 Å². The quantitative estimate of drug-likeness (QED) is 0.105. The van der Waals surface area contributed by atoms with Gasteiger partial charge in [-0.2, -0.15) is 0 Å². The van der Waals surface area contributed by atoms with E-state index in [0.717, 1.165) is 87.5 Å². The Morgan fingerprint density at radius 2 is 0.965 bits per heavy atom. The highest BCUT2D eigenvalue weighted by atomic mass is 127. The van der Waals surface area contributed by atoms with E-state index in [1.165, 1.54) is 0 Å². The molecule has 2 aromatic heterocycles. The predicted octanol–water partition coefficient (Wildman–Crippen LogP) is 10.2. The van der Waals surface area contributed by atoms with Crippen molar-refractivity contribution < 1.29 is 29.3 Å². The molecule has 0 unspecified atom stereocenters. The van der Waals surface area contributed by atoms with Crippen molar-refractivity contribution in [1.29, 1.82) is 0 Å². The van der Waals surface area contributed by atoms with Crippen LogP contribution >= 0.6 is 47.2 Å². The Bertz CT molecular complexity index is 1570. The van der Waals surface area contributed by atoms with E-state index in [2.05, 4.69) is 19.8 Å². The SMILES string of the molecule is C.C.I.O=C(O)CCCN1CCC(O[C@@H](c2ccc(Cl)cc2)c2ccccn2)CC1.O=C(O)CCCN1CCC(O[C@@H](c2ccc(Cl)cc2)c2ccccn2)CC1. The number of carboxylic acid groups (broad SMARTS) is 2. The number of carboxylic acids is 2. The van der Waals surface area contributed by atoms with Crippen LogP contribution < -0.4 is 0 Å². The molecule has 57 heavy (non-hydrogen) atoms. The predicted molar refractivity (Wildman–Crippen MR) is 239 cm³/mol. The zero-order valence-corrected chi connectivity index (χ0v) is 34.8. The summed E-state index contributed by atoms with van der Waals surface area (Å²) in [5.41, 5.74) is 3.87. The fraction of sp³-hybridized carbons (Fsp3) is 0.455. The number of rotatable bonds is 16. The van der Waals surface area contributed by atoms with Gasteiger partial charge in [-0.15, -0.1) is 24.0 Å². The standard InChI is InChI=1S/2C21H25ClN2O3.2CH4.HI/c2*22-17-8-6-16(7-9-17)21(19-4-1-2-12-23-19)27-18-10-14-24(15-11-18)13-3-5-20(25)26;;;/h2*1-2,4,6-9,12,18,21H,3,5,10-11,13-15H2,(H,25,26);2*1H4;1H/t2*21-;;;/m00.../s1. The minimum Gasteiger partial charge on any atom is -0.481 e. The van der Waals surface area contributed by atoms with Gasteiger partial charge >= 0.3 is 11.9 Å². The first-order chi connectivity index (χ1) is 26.2. The topological polar surface area (TPSA) is 125 Å². The van der Waals surface area contributed by atoms with E-state index in [0.29, 0.717) is 22.9 Å². The molecule has 2 fully saturated rings. The van der Waals surface area contributed by atoms with Gasteiger partial charge in [-0.3, -0.25) is 19.6 Å². The summed E-state index contributed by atoms with van der Waals surface area (Å²) in [4.78, 5) is 34.9. The molecule has 2 atom stereocenters. The average Bonchev–Trinajstić information content (AvgIpc) is 3.19. The summed E-state index contributed by atoms with van der Waals surface area (Å²) in [6.07, 6.45) is 9.04. The lowest BCUT2D eigenvalue weighted by atomic mass is 10.0. The Kier molecular flexibility index (Phi) is 23.5. The van der Waals surface area contributed by atoms with E-state index in [9.17, 15) is 9.59 Å². The molecule has 0 radical (unpaired) electrons. The molecule has 2 aliphatic rings. The largest absolute Gasteiger partial charge is 0.481 e. The second kappa shape index (κ2) is 26.8. The van der Waals surface area contributed by atoms with Crippen LogP contribution in [0.5, 0.6) is 0 Å². The van der Waals surface area contributed by atoms with Crippen molar-refractivity contribution in [3.63, 3.8) is 0 Å². The van der Waals surface area contributed by atoms with Gasteiger partial charge < -0.3 is 29.5 Å². The average molecular weight is 938 g/mol. The summed E-state index contributed by atoms with van der Waals surface area (Å²) in [6, 6.07) is 27.2. The van der Waals surface area contributed by atoms with Gasteiger partial charge in [-0.05, 0) is 111 Å². The van der Waals surface area contributed by atoms with Gasteiger partial charge in [0.2, 0.25) is 0 Å². The number of likely N-dealkylation sites (tertiary alicyclic amines) is 2. The van der Waals surface area contributed by atoms with E-state index in [4.69, 9.17) is 42.9 Å². The lowest BCUT2D eigenvalue weighted by Gasteiger charge is -2.34. The number of piperidine rings is 2. The van der Waals surface area contributed by atoms with Gasteiger partial charge in [0.05, 0.1) is 23.6 Å². The third kappa shape index (κ3) is 17.3. The summed E-state index contributed by atoms with van der Waals surface area (Å²) in [5, 5.41) is 18.9. The van der Waals surface area contributed by atoms with E-state index in [-0.39, 0.29) is 76.1 Å². The lowest BCUT2D eigenvalue weighted by Crippen LogP contribution is -2.38. The third-order valence-electron chi connectivity index (χ3n) is 9.71. The van der Waals surface area contributed by atoms with Crippen LogP contribution in [0.2, 0.25) is 10.0 Å². The number of benzene rings is 2. The Morgan fingerprint density at radius 1 is 0.614 bits per heavy atom. The number of aromatic nitrogens is 2. The first-order valence-corrected chi connectivity index (χ1v) is 19.5. The molecule has 0 bridgehead atoms. The Hall–Kier alpha value is -3.17. The number of pyridine rings is 2. The summed E-state index contributed by atoms with van der Waals surface area (Å²) in [7, 11) is 0. The Labute approximate surface area is 365 Å².